The van der Waals surface area contributed by atoms with Gasteiger partial charge in [0.1, 0.15) is 5.69 Å². The zero-order chi connectivity index (χ0) is 15.0. The fourth-order valence-corrected chi connectivity index (χ4v) is 3.84. The van der Waals surface area contributed by atoms with E-state index in [2.05, 4.69) is 20.3 Å². The molecule has 0 bridgehead atoms. The lowest BCUT2D eigenvalue weighted by atomic mass is 10.2. The summed E-state index contributed by atoms with van der Waals surface area (Å²) in [6.07, 6.45) is 4.71. The summed E-state index contributed by atoms with van der Waals surface area (Å²) in [6.45, 7) is 3.95. The molecule has 2 aromatic rings. The Morgan fingerprint density at radius 2 is 2.14 bits per heavy atom. The normalized spacial score (nSPS) is 21.7. The van der Waals surface area contributed by atoms with Gasteiger partial charge in [-0.2, -0.15) is 0 Å². The molecule has 1 aliphatic rings. The van der Waals surface area contributed by atoms with Crippen molar-refractivity contribution in [3.05, 3.63) is 21.9 Å². The van der Waals surface area contributed by atoms with E-state index >= 15 is 0 Å². The Bertz CT molecular complexity index is 657. The van der Waals surface area contributed by atoms with Gasteiger partial charge in [0.05, 0.1) is 26.8 Å². The molecule has 2 aromatic heterocycles. The topological polar surface area (TPSA) is 76.7 Å². The summed E-state index contributed by atoms with van der Waals surface area (Å²) < 4.78 is 0. The average molecular weight is 324 g/mol. The Morgan fingerprint density at radius 3 is 2.76 bits per heavy atom. The molecule has 3 N–H and O–H groups in total. The molecule has 112 valence electrons. The Labute approximate surface area is 133 Å². The summed E-state index contributed by atoms with van der Waals surface area (Å²) in [7, 11) is 0. The minimum Gasteiger partial charge on any atom is -0.351 e. The van der Waals surface area contributed by atoms with Crippen molar-refractivity contribution in [2.75, 3.05) is 5.32 Å². The Kier molecular flexibility index (Phi) is 4.10. The zero-order valence-electron chi connectivity index (χ0n) is 12.1. The van der Waals surface area contributed by atoms with E-state index in [0.717, 1.165) is 40.5 Å². The first-order valence-electron chi connectivity index (χ1n) is 7.02. The van der Waals surface area contributed by atoms with E-state index in [1.807, 2.05) is 13.8 Å². The number of hydrogen-bond acceptors (Lipinski definition) is 6. The van der Waals surface area contributed by atoms with Gasteiger partial charge in [0.15, 0.2) is 0 Å². The van der Waals surface area contributed by atoms with Crippen molar-refractivity contribution in [1.82, 2.24) is 15.0 Å². The number of aromatic nitrogens is 3. The molecule has 1 aliphatic carbocycles. The summed E-state index contributed by atoms with van der Waals surface area (Å²) in [5, 5.41) is 4.92. The van der Waals surface area contributed by atoms with Gasteiger partial charge in [-0.3, -0.25) is 0 Å². The van der Waals surface area contributed by atoms with Crippen LogP contribution < -0.4 is 11.1 Å². The lowest BCUT2D eigenvalue weighted by molar-refractivity contribution is 0.685. The number of nitrogens with two attached hydrogens (primary N) is 1. The number of rotatable bonds is 3. The number of nitrogens with one attached hydrogen (secondary N) is 1. The fourth-order valence-electron chi connectivity index (χ4n) is 2.68. The molecule has 2 unspecified atom stereocenters. The Hall–Kier alpha value is -1.24. The molecule has 0 aliphatic heterocycles. The van der Waals surface area contributed by atoms with Gasteiger partial charge < -0.3 is 11.1 Å². The largest absolute Gasteiger partial charge is 0.351 e. The van der Waals surface area contributed by atoms with E-state index in [4.69, 9.17) is 17.3 Å². The number of anilines is 1. The molecule has 2 atom stereocenters. The summed E-state index contributed by atoms with van der Waals surface area (Å²) >= 11 is 7.86. The van der Waals surface area contributed by atoms with Gasteiger partial charge in [-0.15, -0.1) is 11.3 Å². The third kappa shape index (κ3) is 3.17. The van der Waals surface area contributed by atoms with E-state index in [9.17, 15) is 0 Å². The van der Waals surface area contributed by atoms with Crippen LogP contribution in [0.3, 0.4) is 0 Å². The third-order valence-electron chi connectivity index (χ3n) is 3.67. The number of halogens is 1. The van der Waals surface area contributed by atoms with Crippen LogP contribution in [0.5, 0.6) is 0 Å². The van der Waals surface area contributed by atoms with Gasteiger partial charge in [-0.05, 0) is 33.1 Å². The quantitative estimate of drug-likeness (QED) is 0.907. The molecule has 0 radical (unpaired) electrons. The van der Waals surface area contributed by atoms with Crippen molar-refractivity contribution in [2.45, 2.75) is 45.2 Å². The van der Waals surface area contributed by atoms with Crippen molar-refractivity contribution in [1.29, 1.82) is 0 Å². The van der Waals surface area contributed by atoms with Crippen LogP contribution >= 0.6 is 22.9 Å². The number of thiazole rings is 1. The maximum absolute atomic E-state index is 6.26. The molecule has 0 saturated heterocycles. The van der Waals surface area contributed by atoms with Crippen LogP contribution in [0, 0.1) is 13.8 Å². The van der Waals surface area contributed by atoms with E-state index in [0.29, 0.717) is 17.0 Å². The van der Waals surface area contributed by atoms with Gasteiger partial charge in [-0.1, -0.05) is 11.6 Å². The maximum Gasteiger partial charge on any atom is 0.223 e. The minimum atomic E-state index is 0.278. The molecule has 5 nitrogen and oxygen atoms in total. The van der Waals surface area contributed by atoms with Crippen LogP contribution in [0.15, 0.2) is 6.20 Å². The van der Waals surface area contributed by atoms with Crippen molar-refractivity contribution < 1.29 is 0 Å². The van der Waals surface area contributed by atoms with E-state index < -0.39 is 0 Å². The van der Waals surface area contributed by atoms with Crippen LogP contribution in [0.25, 0.3) is 10.6 Å². The number of hydrogen-bond donors (Lipinski definition) is 2. The van der Waals surface area contributed by atoms with Gasteiger partial charge in [0, 0.05) is 12.1 Å². The number of nitrogens with zero attached hydrogens (tertiary/aromatic N) is 3. The smallest absolute Gasteiger partial charge is 0.223 e. The molecular weight excluding hydrogens is 306 g/mol. The van der Waals surface area contributed by atoms with E-state index in [1.54, 1.807) is 17.5 Å². The van der Waals surface area contributed by atoms with E-state index in [1.165, 1.54) is 0 Å². The van der Waals surface area contributed by atoms with Gasteiger partial charge in [0.25, 0.3) is 0 Å². The molecule has 3 rings (SSSR count). The second-order valence-electron chi connectivity index (χ2n) is 5.45. The van der Waals surface area contributed by atoms with Gasteiger partial charge in [0.2, 0.25) is 5.95 Å². The van der Waals surface area contributed by atoms with Crippen LogP contribution in [0.2, 0.25) is 5.02 Å². The second kappa shape index (κ2) is 5.87. The molecule has 0 amide bonds. The first-order valence-corrected chi connectivity index (χ1v) is 8.21. The molecule has 1 saturated carbocycles. The highest BCUT2D eigenvalue weighted by molar-refractivity contribution is 7.15. The lowest BCUT2D eigenvalue weighted by Crippen LogP contribution is -2.21. The summed E-state index contributed by atoms with van der Waals surface area (Å²) in [5.74, 6) is 0.610. The second-order valence-corrected chi connectivity index (χ2v) is 7.06. The van der Waals surface area contributed by atoms with Crippen molar-refractivity contribution in [3.63, 3.8) is 0 Å². The van der Waals surface area contributed by atoms with Crippen molar-refractivity contribution >= 4 is 28.9 Å². The predicted octanol–water partition coefficient (Wildman–Crippen LogP) is 3.16. The minimum absolute atomic E-state index is 0.278. The highest BCUT2D eigenvalue weighted by atomic mass is 35.5. The highest BCUT2D eigenvalue weighted by Gasteiger charge is 2.23. The first kappa shape index (κ1) is 14.7. The predicted molar refractivity (Wildman–Crippen MR) is 86.9 cm³/mol. The average Bonchev–Trinajstić information content (AvgIpc) is 2.98. The monoisotopic (exact) mass is 323 g/mol. The van der Waals surface area contributed by atoms with Crippen LogP contribution in [0.1, 0.15) is 30.0 Å². The van der Waals surface area contributed by atoms with Crippen LogP contribution in [-0.4, -0.2) is 27.0 Å². The van der Waals surface area contributed by atoms with Crippen molar-refractivity contribution in [2.24, 2.45) is 5.73 Å². The number of aryl methyl sites for hydroxylation is 2. The third-order valence-corrected chi connectivity index (χ3v) is 5.03. The molecule has 1 fully saturated rings. The molecule has 21 heavy (non-hydrogen) atoms. The van der Waals surface area contributed by atoms with Crippen LogP contribution in [0.4, 0.5) is 5.95 Å². The van der Waals surface area contributed by atoms with Crippen LogP contribution in [-0.2, 0) is 0 Å². The lowest BCUT2D eigenvalue weighted by Gasteiger charge is -2.13. The highest BCUT2D eigenvalue weighted by Crippen LogP contribution is 2.33. The van der Waals surface area contributed by atoms with E-state index in [-0.39, 0.29) is 6.04 Å². The zero-order valence-corrected chi connectivity index (χ0v) is 13.6. The molecular formula is C14H18ClN5S. The summed E-state index contributed by atoms with van der Waals surface area (Å²) in [6, 6.07) is 0.624. The Morgan fingerprint density at radius 1 is 1.33 bits per heavy atom. The SMILES string of the molecule is Cc1nc(C)c(-c2nc(NC3CCC(N)C3)ncc2Cl)s1. The molecule has 2 heterocycles. The standard InChI is InChI=1S/C14H18ClN5S/c1-7-13(21-8(2)18-7)12-11(15)6-17-14(20-12)19-10-4-3-9(16)5-10/h6,9-10H,3-5,16H2,1-2H3,(H,17,19,20). The molecule has 0 aromatic carbocycles. The van der Waals surface area contributed by atoms with Gasteiger partial charge in [-0.25, -0.2) is 15.0 Å². The fraction of sp³-hybridized carbons (Fsp3) is 0.500. The first-order chi connectivity index (χ1) is 10.0. The summed E-state index contributed by atoms with van der Waals surface area (Å²) in [5.41, 5.74) is 7.64. The maximum atomic E-state index is 6.26. The molecule has 7 heteroatoms. The van der Waals surface area contributed by atoms with Crippen molar-refractivity contribution in [3.8, 4) is 10.6 Å². The molecule has 0 spiro atoms. The summed E-state index contributed by atoms with van der Waals surface area (Å²) in [4.78, 5) is 14.3. The Balaban J connectivity index is 1.88. The van der Waals surface area contributed by atoms with Gasteiger partial charge >= 0.3 is 0 Å².